The first kappa shape index (κ1) is 21.8. The molecule has 0 fully saturated rings. The van der Waals surface area contributed by atoms with E-state index in [0.717, 1.165) is 16.9 Å². The number of halogens is 1. The number of sulfone groups is 2. The molecule has 0 saturated heterocycles. The first-order valence-corrected chi connectivity index (χ1v) is 13.1. The molecule has 0 bridgehead atoms. The molecule has 154 valence electrons. The molecule has 1 N–H and O–H groups in total. The lowest BCUT2D eigenvalue weighted by Crippen LogP contribution is -2.10. The molecule has 0 amide bonds. The largest absolute Gasteiger partial charge is 0.374 e. The van der Waals surface area contributed by atoms with Gasteiger partial charge < -0.3 is 5.32 Å². The molecule has 0 spiro atoms. The van der Waals surface area contributed by atoms with E-state index in [1.54, 1.807) is 0 Å². The third-order valence-electron chi connectivity index (χ3n) is 4.14. The maximum absolute atomic E-state index is 13.1. The highest BCUT2D eigenvalue weighted by molar-refractivity contribution is 7.94. The van der Waals surface area contributed by atoms with Crippen molar-refractivity contribution in [3.8, 4) is 0 Å². The molecule has 2 aromatic carbocycles. The van der Waals surface area contributed by atoms with Crippen molar-refractivity contribution in [3.63, 3.8) is 0 Å². The summed E-state index contributed by atoms with van der Waals surface area (Å²) in [6.45, 7) is 1.92. The van der Waals surface area contributed by atoms with Gasteiger partial charge in [-0.15, -0.1) is 0 Å². The first-order valence-electron chi connectivity index (χ1n) is 8.76. The summed E-state index contributed by atoms with van der Waals surface area (Å²) in [7, 11) is -7.66. The quantitative estimate of drug-likeness (QED) is 0.533. The summed E-state index contributed by atoms with van der Waals surface area (Å²) in [6.07, 6.45) is 0.648. The standard InChI is InChI=1S/C19H19ClN2O4S3/c1-2-28(23,24)19-22-18(29(25,26)16-10-8-15(20)9-11-16)17(27-19)21-13-12-14-6-4-3-5-7-14/h3-11,21H,2,12-13H2,1H3. The van der Waals surface area contributed by atoms with Gasteiger partial charge in [-0.2, -0.15) is 0 Å². The summed E-state index contributed by atoms with van der Waals surface area (Å²) < 4.78 is 50.5. The number of nitrogens with one attached hydrogen (secondary N) is 1. The van der Waals surface area contributed by atoms with Crippen molar-refractivity contribution in [2.24, 2.45) is 0 Å². The Morgan fingerprint density at radius 3 is 2.28 bits per heavy atom. The van der Waals surface area contributed by atoms with Crippen LogP contribution >= 0.6 is 22.9 Å². The van der Waals surface area contributed by atoms with Crippen molar-refractivity contribution in [2.45, 2.75) is 27.6 Å². The molecule has 0 radical (unpaired) electrons. The van der Waals surface area contributed by atoms with Crippen LogP contribution in [0, 0.1) is 0 Å². The fraction of sp³-hybridized carbons (Fsp3) is 0.211. The molecule has 0 aliphatic heterocycles. The maximum atomic E-state index is 13.1. The Bertz CT molecular complexity index is 1190. The molecule has 0 aliphatic rings. The van der Waals surface area contributed by atoms with E-state index in [-0.39, 0.29) is 25.0 Å². The normalized spacial score (nSPS) is 12.1. The van der Waals surface area contributed by atoms with Gasteiger partial charge in [-0.25, -0.2) is 21.8 Å². The van der Waals surface area contributed by atoms with E-state index in [1.807, 2.05) is 30.3 Å². The number of aromatic nitrogens is 1. The molecule has 0 aliphatic carbocycles. The molecule has 3 rings (SSSR count). The van der Waals surface area contributed by atoms with Gasteiger partial charge in [0.1, 0.15) is 5.00 Å². The number of anilines is 1. The molecule has 1 heterocycles. The van der Waals surface area contributed by atoms with Crippen LogP contribution in [0.3, 0.4) is 0 Å². The Morgan fingerprint density at radius 2 is 1.66 bits per heavy atom. The lowest BCUT2D eigenvalue weighted by atomic mass is 10.1. The highest BCUT2D eigenvalue weighted by Gasteiger charge is 2.29. The summed E-state index contributed by atoms with van der Waals surface area (Å²) in [5, 5.41) is 3.38. The van der Waals surface area contributed by atoms with E-state index in [1.165, 1.54) is 31.2 Å². The second-order valence-electron chi connectivity index (χ2n) is 6.14. The van der Waals surface area contributed by atoms with E-state index in [9.17, 15) is 16.8 Å². The molecular formula is C19H19ClN2O4S3. The molecule has 29 heavy (non-hydrogen) atoms. The van der Waals surface area contributed by atoms with Crippen LogP contribution in [0.2, 0.25) is 5.02 Å². The Morgan fingerprint density at radius 1 is 1.00 bits per heavy atom. The van der Waals surface area contributed by atoms with Gasteiger partial charge in [-0.05, 0) is 36.2 Å². The number of hydrogen-bond donors (Lipinski definition) is 1. The van der Waals surface area contributed by atoms with Crippen LogP contribution in [0.4, 0.5) is 5.00 Å². The molecule has 10 heteroatoms. The minimum Gasteiger partial charge on any atom is -0.374 e. The van der Waals surface area contributed by atoms with Crippen LogP contribution < -0.4 is 5.32 Å². The zero-order valence-corrected chi connectivity index (χ0v) is 18.7. The predicted octanol–water partition coefficient (Wildman–Crippen LogP) is 4.08. The van der Waals surface area contributed by atoms with Crippen molar-refractivity contribution in [1.29, 1.82) is 0 Å². The van der Waals surface area contributed by atoms with E-state index in [4.69, 9.17) is 11.6 Å². The molecule has 0 atom stereocenters. The molecule has 0 unspecified atom stereocenters. The van der Waals surface area contributed by atoms with E-state index in [2.05, 4.69) is 10.3 Å². The minimum absolute atomic E-state index is 0.00115. The van der Waals surface area contributed by atoms with Gasteiger partial charge in [0.25, 0.3) is 0 Å². The summed E-state index contributed by atoms with van der Waals surface area (Å²) >= 11 is 6.68. The Kier molecular flexibility index (Phi) is 6.62. The Balaban J connectivity index is 1.96. The van der Waals surface area contributed by atoms with Crippen LogP contribution in [0.25, 0.3) is 0 Å². The monoisotopic (exact) mass is 470 g/mol. The van der Waals surface area contributed by atoms with Crippen LogP contribution in [-0.4, -0.2) is 34.1 Å². The van der Waals surface area contributed by atoms with Crippen molar-refractivity contribution >= 4 is 47.6 Å². The van der Waals surface area contributed by atoms with Crippen molar-refractivity contribution < 1.29 is 16.8 Å². The van der Waals surface area contributed by atoms with Crippen LogP contribution in [0.1, 0.15) is 12.5 Å². The molecule has 0 saturated carbocycles. The van der Waals surface area contributed by atoms with Crippen molar-refractivity contribution in [3.05, 3.63) is 65.2 Å². The van der Waals surface area contributed by atoms with Gasteiger partial charge in [0.2, 0.25) is 24.0 Å². The number of hydrogen-bond acceptors (Lipinski definition) is 7. The zero-order valence-electron chi connectivity index (χ0n) is 15.5. The highest BCUT2D eigenvalue weighted by atomic mass is 35.5. The fourth-order valence-electron chi connectivity index (χ4n) is 2.53. The maximum Gasteiger partial charge on any atom is 0.226 e. The average molecular weight is 471 g/mol. The Hall–Kier alpha value is -1.94. The highest BCUT2D eigenvalue weighted by Crippen LogP contribution is 2.35. The fourth-order valence-corrected chi connectivity index (χ4v) is 6.68. The van der Waals surface area contributed by atoms with E-state index < -0.39 is 19.7 Å². The van der Waals surface area contributed by atoms with Crippen LogP contribution in [0.5, 0.6) is 0 Å². The minimum atomic E-state index is -4.02. The second-order valence-corrected chi connectivity index (χ2v) is 11.9. The SMILES string of the molecule is CCS(=O)(=O)c1nc(S(=O)(=O)c2ccc(Cl)cc2)c(NCCc2ccccc2)s1. The first-order chi connectivity index (χ1) is 13.7. The molecular weight excluding hydrogens is 452 g/mol. The van der Waals surface area contributed by atoms with Crippen LogP contribution in [-0.2, 0) is 26.1 Å². The molecule has 1 aromatic heterocycles. The van der Waals surface area contributed by atoms with Gasteiger partial charge in [0.05, 0.1) is 10.6 Å². The third kappa shape index (κ3) is 4.98. The predicted molar refractivity (Wildman–Crippen MR) is 115 cm³/mol. The van der Waals surface area contributed by atoms with Gasteiger partial charge >= 0.3 is 0 Å². The zero-order chi connectivity index (χ0) is 21.1. The summed E-state index contributed by atoms with van der Waals surface area (Å²) in [4.78, 5) is 3.99. The van der Waals surface area contributed by atoms with E-state index in [0.29, 0.717) is 18.0 Å². The van der Waals surface area contributed by atoms with Crippen molar-refractivity contribution in [2.75, 3.05) is 17.6 Å². The second kappa shape index (κ2) is 8.83. The number of rotatable bonds is 8. The lowest BCUT2D eigenvalue weighted by molar-refractivity contribution is 0.590. The van der Waals surface area contributed by atoms with Crippen LogP contribution in [0.15, 0.2) is 68.9 Å². The molecule has 6 nitrogen and oxygen atoms in total. The lowest BCUT2D eigenvalue weighted by Gasteiger charge is -2.07. The van der Waals surface area contributed by atoms with Gasteiger partial charge in [0, 0.05) is 11.6 Å². The van der Waals surface area contributed by atoms with Crippen molar-refractivity contribution in [1.82, 2.24) is 4.98 Å². The smallest absolute Gasteiger partial charge is 0.226 e. The number of nitrogens with zero attached hydrogens (tertiary/aromatic N) is 1. The van der Waals surface area contributed by atoms with E-state index >= 15 is 0 Å². The number of thiazole rings is 1. The molecule has 3 aromatic rings. The topological polar surface area (TPSA) is 93.2 Å². The summed E-state index contributed by atoms with van der Waals surface area (Å²) in [5.41, 5.74) is 1.08. The Labute approximate surface area is 179 Å². The van der Waals surface area contributed by atoms with Gasteiger partial charge in [0.15, 0.2) is 5.03 Å². The number of benzene rings is 2. The van der Waals surface area contributed by atoms with Gasteiger partial charge in [-0.1, -0.05) is 60.2 Å². The van der Waals surface area contributed by atoms with Gasteiger partial charge in [-0.3, -0.25) is 0 Å². The summed E-state index contributed by atoms with van der Waals surface area (Å²) in [5.74, 6) is -0.162. The third-order valence-corrected chi connectivity index (χ3v) is 9.42. The summed E-state index contributed by atoms with van der Waals surface area (Å²) in [6, 6.07) is 15.4. The average Bonchev–Trinajstić information content (AvgIpc) is 3.15.